The quantitative estimate of drug-likeness (QED) is 0.105. The van der Waals surface area contributed by atoms with E-state index in [4.69, 9.17) is 9.97 Å². The maximum absolute atomic E-state index is 5.59. The summed E-state index contributed by atoms with van der Waals surface area (Å²) in [5.74, 6) is 3.52. The monoisotopic (exact) mass is 920 g/mol. The number of aromatic nitrogens is 4. The third kappa shape index (κ3) is 7.89. The summed E-state index contributed by atoms with van der Waals surface area (Å²) in [6.07, 6.45) is 8.73. The third-order valence-electron chi connectivity index (χ3n) is 11.5. The maximum Gasteiger partial charge on any atom is 0.129 e. The van der Waals surface area contributed by atoms with Crippen molar-refractivity contribution in [1.29, 1.82) is 0 Å². The van der Waals surface area contributed by atoms with Gasteiger partial charge in [0.1, 0.15) is 8.07 Å². The van der Waals surface area contributed by atoms with Crippen molar-refractivity contribution in [3.05, 3.63) is 162 Å². The van der Waals surface area contributed by atoms with Crippen LogP contribution in [0.4, 0.5) is 0 Å². The minimum absolute atomic E-state index is 0.890. The number of aryl methyl sites for hydroxylation is 6. The number of hydrogen-bond donors (Lipinski definition) is 2. The van der Waals surface area contributed by atoms with Gasteiger partial charge in [0.25, 0.3) is 0 Å². The molecular weight excluding hydrogens is 872 g/mol. The van der Waals surface area contributed by atoms with E-state index < -0.39 is 8.07 Å². The minimum atomic E-state index is -1.60. The highest BCUT2D eigenvalue weighted by Gasteiger charge is 2.22. The topological polar surface area (TPSA) is 57.4 Å². The first kappa shape index (κ1) is 40.4. The Hall–Kier alpha value is -6.01. The van der Waals surface area contributed by atoms with Gasteiger partial charge in [-0.1, -0.05) is 85.2 Å². The van der Waals surface area contributed by atoms with Crippen molar-refractivity contribution >= 4 is 77.0 Å². The number of aromatic amines is 2. The van der Waals surface area contributed by atoms with Crippen LogP contribution in [0.5, 0.6) is 0 Å². The summed E-state index contributed by atoms with van der Waals surface area (Å²) >= 11 is 2.41. The molecule has 2 aliphatic rings. The van der Waals surface area contributed by atoms with Crippen LogP contribution in [0.2, 0.25) is 19.6 Å². The van der Waals surface area contributed by atoms with E-state index in [-0.39, 0.29) is 0 Å². The summed E-state index contributed by atoms with van der Waals surface area (Å²) in [5.41, 5.74) is 28.2. The van der Waals surface area contributed by atoms with E-state index in [9.17, 15) is 0 Å². The lowest BCUT2D eigenvalue weighted by molar-refractivity contribution is 1.28. The predicted octanol–water partition coefficient (Wildman–Crippen LogP) is 15.0. The molecule has 300 valence electrons. The van der Waals surface area contributed by atoms with Gasteiger partial charge in [0.15, 0.2) is 0 Å². The van der Waals surface area contributed by atoms with Crippen molar-refractivity contribution in [1.82, 2.24) is 19.9 Å². The average molecular weight is 921 g/mol. The summed E-state index contributed by atoms with van der Waals surface area (Å²) in [6.45, 7) is 20.0. The second-order valence-corrected chi connectivity index (χ2v) is 23.6. The average Bonchev–Trinajstić information content (AvgIpc) is 4.03. The fourth-order valence-electron chi connectivity index (χ4n) is 9.14. The largest absolute Gasteiger partial charge is 0.354 e. The molecule has 7 aromatic rings. The van der Waals surface area contributed by atoms with Crippen molar-refractivity contribution in [3.8, 4) is 56.0 Å². The van der Waals surface area contributed by atoms with E-state index in [0.29, 0.717) is 0 Å². The minimum Gasteiger partial charge on any atom is -0.354 e. The van der Waals surface area contributed by atoms with Gasteiger partial charge < -0.3 is 9.97 Å². The Balaban J connectivity index is 1.49. The normalized spacial score (nSPS) is 12.2. The first-order valence-electron chi connectivity index (χ1n) is 20.9. The molecule has 3 aromatic heterocycles. The highest BCUT2D eigenvalue weighted by atomic mass is 127. The van der Waals surface area contributed by atoms with E-state index in [1.165, 1.54) is 44.5 Å². The van der Waals surface area contributed by atoms with Crippen LogP contribution in [-0.2, 0) is 0 Å². The number of nitrogens with one attached hydrogen (secondary N) is 2. The Kier molecular flexibility index (Phi) is 10.5. The molecule has 8 bridgehead atoms. The molecule has 0 radical (unpaired) electrons. The third-order valence-corrected chi connectivity index (χ3v) is 13.0. The molecule has 0 saturated heterocycles. The molecular formula is C55H49IN4Si. The van der Waals surface area contributed by atoms with Crippen LogP contribution in [0.1, 0.15) is 61.7 Å². The van der Waals surface area contributed by atoms with Crippen LogP contribution in [0.15, 0.2) is 97.1 Å². The fraction of sp³-hybridized carbons (Fsp3) is 0.164. The molecule has 0 saturated carbocycles. The van der Waals surface area contributed by atoms with Crippen LogP contribution in [0.3, 0.4) is 0 Å². The maximum atomic E-state index is 5.59. The molecule has 6 heteroatoms. The number of hydrogen-bond acceptors (Lipinski definition) is 2. The van der Waals surface area contributed by atoms with Crippen molar-refractivity contribution in [3.63, 3.8) is 0 Å². The number of nitrogens with zero attached hydrogens (tertiary/aromatic N) is 2. The summed E-state index contributed by atoms with van der Waals surface area (Å²) in [4.78, 5) is 19.0. The van der Waals surface area contributed by atoms with Gasteiger partial charge in [-0.3, -0.25) is 0 Å². The first-order valence-corrected chi connectivity index (χ1v) is 25.5. The smallest absolute Gasteiger partial charge is 0.129 e. The lowest BCUT2D eigenvalue weighted by Crippen LogP contribution is -2.16. The van der Waals surface area contributed by atoms with Crippen LogP contribution >= 0.6 is 22.6 Å². The van der Waals surface area contributed by atoms with E-state index in [1.54, 1.807) is 0 Å². The van der Waals surface area contributed by atoms with Gasteiger partial charge >= 0.3 is 0 Å². The molecule has 2 aliphatic heterocycles. The van der Waals surface area contributed by atoms with E-state index in [1.807, 2.05) is 0 Å². The lowest BCUT2D eigenvalue weighted by atomic mass is 9.92. The first-order chi connectivity index (χ1) is 29.2. The van der Waals surface area contributed by atoms with Crippen LogP contribution in [-0.4, -0.2) is 28.0 Å². The molecule has 0 spiro atoms. The van der Waals surface area contributed by atoms with Crippen LogP contribution in [0.25, 0.3) is 90.9 Å². The fourth-order valence-corrected chi connectivity index (χ4v) is 10.2. The number of H-pyrrole nitrogens is 2. The molecule has 9 rings (SSSR count). The van der Waals surface area contributed by atoms with E-state index >= 15 is 0 Å². The second kappa shape index (κ2) is 15.8. The standard InChI is InChI=1S/C55H49IN4Si/c1-32-26-34(3)50(35(4)27-32)54-46-20-16-42(57-46)52(39-13-10-12-38(30-39)24-25-61(7,8)9)43-17-21-47(58-43)55(51-36(5)28-33(2)29-37(51)6)49-23-19-45(60-49)53(44-18-22-48(54)59-44)40-14-11-15-41(56)31-40/h10-23,26-31,57,60H,1-9H3. The predicted molar refractivity (Wildman–Crippen MR) is 272 cm³/mol. The summed E-state index contributed by atoms with van der Waals surface area (Å²) in [5, 5.41) is 0. The SMILES string of the molecule is Cc1cc(C)c(-c2c3nc(c(-c4cccc(C#C[Si](C)(C)C)c4)c4ccc([nH]4)c(-c4c(C)cc(C)cc4C)c4nc(c(-c5cccc(I)c5)c5ccc2[nH]5)C=C4)C=C3)c(C)c1. The van der Waals surface area contributed by atoms with Gasteiger partial charge in [-0.2, -0.15) is 0 Å². The Morgan fingerprint density at radius 1 is 0.459 bits per heavy atom. The van der Waals surface area contributed by atoms with Gasteiger partial charge in [0, 0.05) is 53.5 Å². The Bertz CT molecular complexity index is 3160. The molecule has 0 amide bonds. The molecule has 2 N–H and O–H groups in total. The van der Waals surface area contributed by atoms with Gasteiger partial charge in [-0.15, -0.1) is 5.54 Å². The summed E-state index contributed by atoms with van der Waals surface area (Å²) in [6, 6.07) is 35.3. The molecule has 0 unspecified atom stereocenters. The molecule has 0 fully saturated rings. The molecule has 61 heavy (non-hydrogen) atoms. The zero-order valence-corrected chi connectivity index (χ0v) is 39.5. The molecule has 4 nitrogen and oxygen atoms in total. The molecule has 4 aromatic carbocycles. The summed E-state index contributed by atoms with van der Waals surface area (Å²) in [7, 11) is -1.60. The van der Waals surface area contributed by atoms with E-state index in [2.05, 4.69) is 227 Å². The van der Waals surface area contributed by atoms with Gasteiger partial charge in [0.2, 0.25) is 0 Å². The molecule has 5 heterocycles. The second-order valence-electron chi connectivity index (χ2n) is 17.6. The van der Waals surface area contributed by atoms with Crippen LogP contribution < -0.4 is 0 Å². The zero-order chi connectivity index (χ0) is 42.7. The van der Waals surface area contributed by atoms with E-state index in [0.717, 1.165) is 87.4 Å². The van der Waals surface area contributed by atoms with Gasteiger partial charge in [-0.25, -0.2) is 9.97 Å². The number of halogens is 1. The number of benzene rings is 4. The Morgan fingerprint density at radius 3 is 1.28 bits per heavy atom. The molecule has 0 aliphatic carbocycles. The van der Waals surface area contributed by atoms with Crippen molar-refractivity contribution < 1.29 is 0 Å². The highest BCUT2D eigenvalue weighted by Crippen LogP contribution is 2.41. The Morgan fingerprint density at radius 2 is 0.852 bits per heavy atom. The zero-order valence-electron chi connectivity index (χ0n) is 36.3. The van der Waals surface area contributed by atoms with Crippen molar-refractivity contribution in [2.75, 3.05) is 0 Å². The van der Waals surface area contributed by atoms with Crippen molar-refractivity contribution in [2.24, 2.45) is 0 Å². The molecule has 0 atom stereocenters. The number of fused-ring (bicyclic) bond motifs is 8. The Labute approximate surface area is 374 Å². The van der Waals surface area contributed by atoms with Gasteiger partial charge in [0.05, 0.1) is 22.8 Å². The number of rotatable bonds is 4. The highest BCUT2D eigenvalue weighted by molar-refractivity contribution is 14.1. The summed E-state index contributed by atoms with van der Waals surface area (Å²) < 4.78 is 1.16. The van der Waals surface area contributed by atoms with Gasteiger partial charge in [-0.05, 0) is 181 Å². The van der Waals surface area contributed by atoms with Crippen LogP contribution in [0, 0.1) is 56.6 Å². The lowest BCUT2D eigenvalue weighted by Gasteiger charge is -2.13. The van der Waals surface area contributed by atoms with Crippen molar-refractivity contribution in [2.45, 2.75) is 61.2 Å².